The normalized spacial score (nSPS) is 26.2. The lowest BCUT2D eigenvalue weighted by atomic mass is 9.90. The molecule has 1 N–H and O–H groups in total. The fourth-order valence-corrected chi connectivity index (χ4v) is 3.68. The van der Waals surface area contributed by atoms with E-state index in [1.165, 1.54) is 37.8 Å². The van der Waals surface area contributed by atoms with Crippen LogP contribution in [0.4, 0.5) is 8.78 Å². The third-order valence-electron chi connectivity index (χ3n) is 4.84. The summed E-state index contributed by atoms with van der Waals surface area (Å²) in [5.74, 6) is -1.51. The zero-order valence-electron chi connectivity index (χ0n) is 12.0. The van der Waals surface area contributed by atoms with Crippen LogP contribution in [0.25, 0.3) is 0 Å². The van der Waals surface area contributed by atoms with Gasteiger partial charge in [-0.1, -0.05) is 18.9 Å². The van der Waals surface area contributed by atoms with Crippen LogP contribution in [0.15, 0.2) is 18.2 Å². The lowest BCUT2D eigenvalue weighted by Gasteiger charge is -2.48. The Balaban J connectivity index is 1.80. The van der Waals surface area contributed by atoms with Crippen LogP contribution in [0.2, 0.25) is 0 Å². The van der Waals surface area contributed by atoms with Gasteiger partial charge in [0, 0.05) is 31.2 Å². The van der Waals surface area contributed by atoms with E-state index in [0.717, 1.165) is 18.7 Å². The standard InChI is InChI=1S/C16H22F2N2/c1-12-9-20(16(11-19-12)6-2-3-7-16)10-13-4-5-14(17)15(18)8-13/h4-5,8,12,19H,2-3,6-7,9-11H2,1H3. The minimum Gasteiger partial charge on any atom is -0.311 e. The first kappa shape index (κ1) is 14.0. The first-order chi connectivity index (χ1) is 9.59. The van der Waals surface area contributed by atoms with Gasteiger partial charge in [0.25, 0.3) is 0 Å². The van der Waals surface area contributed by atoms with E-state index < -0.39 is 11.6 Å². The molecule has 20 heavy (non-hydrogen) atoms. The van der Waals surface area contributed by atoms with Crippen molar-refractivity contribution in [3.63, 3.8) is 0 Å². The van der Waals surface area contributed by atoms with Crippen LogP contribution in [-0.4, -0.2) is 29.6 Å². The van der Waals surface area contributed by atoms with Crippen LogP contribution in [0, 0.1) is 11.6 Å². The smallest absolute Gasteiger partial charge is 0.159 e. The number of benzene rings is 1. The molecule has 3 rings (SSSR count). The van der Waals surface area contributed by atoms with Crippen LogP contribution in [0.5, 0.6) is 0 Å². The van der Waals surface area contributed by atoms with E-state index in [1.54, 1.807) is 6.07 Å². The highest BCUT2D eigenvalue weighted by Crippen LogP contribution is 2.37. The second-order valence-electron chi connectivity index (χ2n) is 6.34. The molecule has 110 valence electrons. The maximum absolute atomic E-state index is 13.4. The van der Waals surface area contributed by atoms with Crippen molar-refractivity contribution in [1.29, 1.82) is 0 Å². The Morgan fingerprint density at radius 1 is 1.25 bits per heavy atom. The molecule has 1 aliphatic carbocycles. The molecule has 0 radical (unpaired) electrons. The lowest BCUT2D eigenvalue weighted by Crippen LogP contribution is -2.62. The van der Waals surface area contributed by atoms with Crippen molar-refractivity contribution in [2.75, 3.05) is 13.1 Å². The summed E-state index contributed by atoms with van der Waals surface area (Å²) in [5.41, 5.74) is 1.08. The Morgan fingerprint density at radius 3 is 2.70 bits per heavy atom. The van der Waals surface area contributed by atoms with E-state index in [9.17, 15) is 8.78 Å². The summed E-state index contributed by atoms with van der Waals surface area (Å²) in [5, 5.41) is 3.58. The SMILES string of the molecule is CC1CN(Cc2ccc(F)c(F)c2)C2(CCCC2)CN1. The maximum atomic E-state index is 13.4. The molecular weight excluding hydrogens is 258 g/mol. The molecule has 0 amide bonds. The minimum absolute atomic E-state index is 0.220. The molecule has 1 saturated heterocycles. The van der Waals surface area contributed by atoms with Gasteiger partial charge in [0.1, 0.15) is 0 Å². The van der Waals surface area contributed by atoms with Crippen molar-refractivity contribution < 1.29 is 8.78 Å². The Hall–Kier alpha value is -1.00. The third kappa shape index (κ3) is 2.59. The van der Waals surface area contributed by atoms with Gasteiger partial charge in [0.2, 0.25) is 0 Å². The van der Waals surface area contributed by atoms with Gasteiger partial charge in [-0.05, 0) is 37.5 Å². The molecule has 0 bridgehead atoms. The number of nitrogens with zero attached hydrogens (tertiary/aromatic N) is 1. The van der Waals surface area contributed by atoms with Gasteiger partial charge >= 0.3 is 0 Å². The highest BCUT2D eigenvalue weighted by Gasteiger charge is 2.42. The van der Waals surface area contributed by atoms with Crippen molar-refractivity contribution in [1.82, 2.24) is 10.2 Å². The second kappa shape index (κ2) is 5.41. The molecule has 1 atom stereocenters. The van der Waals surface area contributed by atoms with Crippen molar-refractivity contribution in [3.8, 4) is 0 Å². The first-order valence-corrected chi connectivity index (χ1v) is 7.51. The molecule has 1 spiro atoms. The van der Waals surface area contributed by atoms with Gasteiger partial charge in [-0.3, -0.25) is 4.90 Å². The number of hydrogen-bond donors (Lipinski definition) is 1. The average molecular weight is 280 g/mol. The highest BCUT2D eigenvalue weighted by atomic mass is 19.2. The van der Waals surface area contributed by atoms with E-state index in [-0.39, 0.29) is 5.54 Å². The first-order valence-electron chi connectivity index (χ1n) is 7.51. The molecule has 1 aromatic carbocycles. The van der Waals surface area contributed by atoms with E-state index >= 15 is 0 Å². The number of rotatable bonds is 2. The monoisotopic (exact) mass is 280 g/mol. The van der Waals surface area contributed by atoms with Gasteiger partial charge in [0.15, 0.2) is 11.6 Å². The summed E-state index contributed by atoms with van der Waals surface area (Å²) >= 11 is 0. The highest BCUT2D eigenvalue weighted by molar-refractivity contribution is 5.18. The molecule has 1 aromatic rings. The molecule has 4 heteroatoms. The van der Waals surface area contributed by atoms with E-state index in [0.29, 0.717) is 12.6 Å². The average Bonchev–Trinajstić information content (AvgIpc) is 2.88. The maximum Gasteiger partial charge on any atom is 0.159 e. The van der Waals surface area contributed by atoms with E-state index in [1.807, 2.05) is 0 Å². The minimum atomic E-state index is -0.766. The second-order valence-corrected chi connectivity index (χ2v) is 6.34. The lowest BCUT2D eigenvalue weighted by molar-refractivity contribution is 0.0392. The topological polar surface area (TPSA) is 15.3 Å². The van der Waals surface area contributed by atoms with Gasteiger partial charge in [-0.2, -0.15) is 0 Å². The summed E-state index contributed by atoms with van der Waals surface area (Å²) in [6.45, 7) is 4.88. The molecule has 2 fully saturated rings. The number of piperazine rings is 1. The van der Waals surface area contributed by atoms with Gasteiger partial charge in [0.05, 0.1) is 0 Å². The zero-order chi connectivity index (χ0) is 14.2. The predicted octanol–water partition coefficient (Wildman–Crippen LogP) is 3.07. The van der Waals surface area contributed by atoms with E-state index in [2.05, 4.69) is 17.1 Å². The van der Waals surface area contributed by atoms with Crippen molar-refractivity contribution in [3.05, 3.63) is 35.4 Å². The Bertz CT molecular complexity index is 483. The molecule has 0 aromatic heterocycles. The Kier molecular flexibility index (Phi) is 3.78. The molecule has 1 saturated carbocycles. The molecular formula is C16H22F2N2. The number of nitrogens with one attached hydrogen (secondary N) is 1. The third-order valence-corrected chi connectivity index (χ3v) is 4.84. The van der Waals surface area contributed by atoms with Gasteiger partial charge < -0.3 is 5.32 Å². The fourth-order valence-electron chi connectivity index (χ4n) is 3.68. The summed E-state index contributed by atoms with van der Waals surface area (Å²) in [6.07, 6.45) is 4.95. The number of halogens is 2. The Labute approximate surface area is 119 Å². The molecule has 2 aliphatic rings. The largest absolute Gasteiger partial charge is 0.311 e. The molecule has 2 nitrogen and oxygen atoms in total. The molecule has 1 heterocycles. The van der Waals surface area contributed by atoms with Crippen LogP contribution in [0.1, 0.15) is 38.2 Å². The summed E-state index contributed by atoms with van der Waals surface area (Å²) < 4.78 is 26.4. The van der Waals surface area contributed by atoms with Crippen LogP contribution in [0.3, 0.4) is 0 Å². The molecule has 1 aliphatic heterocycles. The fraction of sp³-hybridized carbons (Fsp3) is 0.625. The quantitative estimate of drug-likeness (QED) is 0.895. The predicted molar refractivity (Wildman–Crippen MR) is 75.4 cm³/mol. The zero-order valence-corrected chi connectivity index (χ0v) is 12.0. The molecule has 1 unspecified atom stereocenters. The van der Waals surface area contributed by atoms with Crippen LogP contribution in [-0.2, 0) is 6.54 Å². The van der Waals surface area contributed by atoms with Crippen LogP contribution < -0.4 is 5.32 Å². The van der Waals surface area contributed by atoms with Crippen molar-refractivity contribution >= 4 is 0 Å². The van der Waals surface area contributed by atoms with Crippen molar-refractivity contribution in [2.45, 2.75) is 50.7 Å². The van der Waals surface area contributed by atoms with Gasteiger partial charge in [-0.25, -0.2) is 8.78 Å². The van der Waals surface area contributed by atoms with E-state index in [4.69, 9.17) is 0 Å². The van der Waals surface area contributed by atoms with Crippen molar-refractivity contribution in [2.24, 2.45) is 0 Å². The Morgan fingerprint density at radius 2 is 2.00 bits per heavy atom. The summed E-state index contributed by atoms with van der Waals surface area (Å²) in [6, 6.07) is 4.72. The summed E-state index contributed by atoms with van der Waals surface area (Å²) in [7, 11) is 0. The van der Waals surface area contributed by atoms with Gasteiger partial charge in [-0.15, -0.1) is 0 Å². The number of hydrogen-bond acceptors (Lipinski definition) is 2. The van der Waals surface area contributed by atoms with Crippen LogP contribution >= 0.6 is 0 Å². The summed E-state index contributed by atoms with van der Waals surface area (Å²) in [4.78, 5) is 2.48.